The molecule has 6 nitrogen and oxygen atoms in total. The number of halogens is 1. The smallest absolute Gasteiger partial charge is 0.265 e. The second-order valence-corrected chi connectivity index (χ2v) is 10.2. The summed E-state index contributed by atoms with van der Waals surface area (Å²) in [5.41, 5.74) is 1.36. The Bertz CT molecular complexity index is 1560. The molecule has 0 saturated heterocycles. The lowest BCUT2D eigenvalue weighted by atomic mass is 10.0. The Kier molecular flexibility index (Phi) is 5.38. The molecule has 1 aliphatic rings. The number of benzene rings is 4. The number of hydrogen-bond donors (Lipinski definition) is 1. The summed E-state index contributed by atoms with van der Waals surface area (Å²) in [5, 5.41) is 4.45. The first-order valence-electron chi connectivity index (χ1n) is 10.6. The van der Waals surface area contributed by atoms with Crippen LogP contribution in [0.4, 0.5) is 11.4 Å². The SMILES string of the molecule is C[C@H](C(=O)Nc1ccc(Cl)cc1C(=O)c1ccccc1)N1c2cccc3cccc(c23)S1(=O)=O. The van der Waals surface area contributed by atoms with Gasteiger partial charge in [-0.25, -0.2) is 8.42 Å². The van der Waals surface area contributed by atoms with E-state index in [0.717, 1.165) is 9.69 Å². The van der Waals surface area contributed by atoms with Crippen LogP contribution < -0.4 is 9.62 Å². The first-order valence-corrected chi connectivity index (χ1v) is 12.4. The number of hydrogen-bond acceptors (Lipinski definition) is 4. The number of carbonyl (C=O) groups is 2. The highest BCUT2D eigenvalue weighted by atomic mass is 35.5. The van der Waals surface area contributed by atoms with Gasteiger partial charge in [0.15, 0.2) is 5.78 Å². The molecule has 0 aromatic heterocycles. The van der Waals surface area contributed by atoms with E-state index in [4.69, 9.17) is 11.6 Å². The van der Waals surface area contributed by atoms with Crippen molar-refractivity contribution in [2.75, 3.05) is 9.62 Å². The molecule has 8 heteroatoms. The van der Waals surface area contributed by atoms with Crippen LogP contribution in [0.3, 0.4) is 0 Å². The van der Waals surface area contributed by atoms with Gasteiger partial charge in [0.1, 0.15) is 6.04 Å². The van der Waals surface area contributed by atoms with Crippen LogP contribution in [-0.4, -0.2) is 26.2 Å². The van der Waals surface area contributed by atoms with E-state index in [-0.39, 0.29) is 21.9 Å². The van der Waals surface area contributed by atoms with Crippen molar-refractivity contribution in [3.05, 3.63) is 101 Å². The van der Waals surface area contributed by atoms with Gasteiger partial charge in [0.05, 0.1) is 16.3 Å². The van der Waals surface area contributed by atoms with Gasteiger partial charge >= 0.3 is 0 Å². The Labute approximate surface area is 201 Å². The van der Waals surface area contributed by atoms with Crippen molar-refractivity contribution in [3.63, 3.8) is 0 Å². The van der Waals surface area contributed by atoms with Gasteiger partial charge in [-0.05, 0) is 42.6 Å². The van der Waals surface area contributed by atoms with Crippen LogP contribution >= 0.6 is 11.6 Å². The van der Waals surface area contributed by atoms with Crippen molar-refractivity contribution in [2.24, 2.45) is 0 Å². The number of carbonyl (C=O) groups excluding carboxylic acids is 2. The molecule has 0 radical (unpaired) electrons. The second-order valence-electron chi connectivity index (χ2n) is 7.98. The monoisotopic (exact) mass is 490 g/mol. The molecular weight excluding hydrogens is 472 g/mol. The van der Waals surface area contributed by atoms with Gasteiger partial charge < -0.3 is 5.32 Å². The Morgan fingerprint density at radius 2 is 1.62 bits per heavy atom. The molecule has 4 aromatic carbocycles. The zero-order valence-electron chi connectivity index (χ0n) is 18.0. The van der Waals surface area contributed by atoms with E-state index in [0.29, 0.717) is 21.7 Å². The van der Waals surface area contributed by atoms with Crippen molar-refractivity contribution in [1.29, 1.82) is 0 Å². The molecule has 1 heterocycles. The summed E-state index contributed by atoms with van der Waals surface area (Å²) < 4.78 is 27.8. The van der Waals surface area contributed by atoms with Gasteiger partial charge in [0.25, 0.3) is 10.0 Å². The molecule has 5 rings (SSSR count). The maximum atomic E-state index is 13.3. The predicted molar refractivity (Wildman–Crippen MR) is 133 cm³/mol. The largest absolute Gasteiger partial charge is 0.324 e. The molecule has 34 heavy (non-hydrogen) atoms. The van der Waals surface area contributed by atoms with Crippen LogP contribution in [0, 0.1) is 0 Å². The zero-order chi connectivity index (χ0) is 24.0. The normalized spacial score (nSPS) is 14.7. The lowest BCUT2D eigenvalue weighted by molar-refractivity contribution is -0.116. The lowest BCUT2D eigenvalue weighted by Crippen LogP contribution is -2.44. The average molecular weight is 491 g/mol. The number of amides is 1. The second kappa shape index (κ2) is 8.27. The molecular formula is C26H19ClN2O4S. The summed E-state index contributed by atoms with van der Waals surface area (Å²) >= 11 is 6.13. The third kappa shape index (κ3) is 3.54. The summed E-state index contributed by atoms with van der Waals surface area (Å²) in [7, 11) is -3.93. The Balaban J connectivity index is 1.50. The van der Waals surface area contributed by atoms with Crippen molar-refractivity contribution < 1.29 is 18.0 Å². The van der Waals surface area contributed by atoms with Crippen molar-refractivity contribution in [3.8, 4) is 0 Å². The molecule has 1 amide bonds. The minimum Gasteiger partial charge on any atom is -0.324 e. The molecule has 0 unspecified atom stereocenters. The van der Waals surface area contributed by atoms with Crippen molar-refractivity contribution >= 4 is 55.5 Å². The van der Waals surface area contributed by atoms with E-state index in [9.17, 15) is 18.0 Å². The Hall–Kier alpha value is -3.68. The number of ketones is 1. The van der Waals surface area contributed by atoms with Gasteiger partial charge in [-0.3, -0.25) is 13.9 Å². The fraction of sp³-hybridized carbons (Fsp3) is 0.0769. The first kappa shape index (κ1) is 22.1. The van der Waals surface area contributed by atoms with Crippen LogP contribution in [0.1, 0.15) is 22.8 Å². The van der Waals surface area contributed by atoms with E-state index in [1.54, 1.807) is 60.7 Å². The van der Waals surface area contributed by atoms with Crippen LogP contribution in [0.5, 0.6) is 0 Å². The third-order valence-corrected chi connectivity index (χ3v) is 8.03. The highest BCUT2D eigenvalue weighted by molar-refractivity contribution is 7.93. The van der Waals surface area contributed by atoms with Crippen molar-refractivity contribution in [1.82, 2.24) is 0 Å². The molecule has 170 valence electrons. The summed E-state index contributed by atoms with van der Waals surface area (Å²) in [5.74, 6) is -0.880. The summed E-state index contributed by atoms with van der Waals surface area (Å²) in [6.07, 6.45) is 0. The highest BCUT2D eigenvalue weighted by Gasteiger charge is 2.41. The lowest BCUT2D eigenvalue weighted by Gasteiger charge is -2.25. The standard InChI is InChI=1S/C26H19ClN2O4S/c1-16(29-22-11-5-9-17-10-6-12-23(24(17)22)34(29,32)33)26(31)28-21-14-13-19(27)15-20(21)25(30)18-7-3-2-4-8-18/h2-16H,1H3,(H,28,31)/t16-/m1/s1. The molecule has 1 aliphatic heterocycles. The third-order valence-electron chi connectivity index (χ3n) is 5.87. The fourth-order valence-corrected chi connectivity index (χ4v) is 6.28. The molecule has 4 aromatic rings. The van der Waals surface area contributed by atoms with Crippen molar-refractivity contribution in [2.45, 2.75) is 17.9 Å². The van der Waals surface area contributed by atoms with E-state index < -0.39 is 22.0 Å². The number of sulfonamides is 1. The topological polar surface area (TPSA) is 83.6 Å². The zero-order valence-corrected chi connectivity index (χ0v) is 19.6. The van der Waals surface area contributed by atoms with Crippen LogP contribution in [-0.2, 0) is 14.8 Å². The number of rotatable bonds is 5. The van der Waals surface area contributed by atoms with Gasteiger partial charge in [0, 0.05) is 21.5 Å². The molecule has 1 atom stereocenters. The summed E-state index contributed by atoms with van der Waals surface area (Å²) in [4.78, 5) is 26.6. The fourth-order valence-electron chi connectivity index (χ4n) is 4.24. The van der Waals surface area contributed by atoms with E-state index in [1.807, 2.05) is 12.1 Å². The summed E-state index contributed by atoms with van der Waals surface area (Å²) in [6, 6.07) is 22.5. The quantitative estimate of drug-likeness (QED) is 0.387. The molecule has 0 aliphatic carbocycles. The van der Waals surface area contributed by atoms with Gasteiger partial charge in [-0.1, -0.05) is 66.2 Å². The van der Waals surface area contributed by atoms with Crippen LogP contribution in [0.25, 0.3) is 10.8 Å². The molecule has 0 spiro atoms. The Morgan fingerprint density at radius 3 is 2.35 bits per heavy atom. The Morgan fingerprint density at radius 1 is 0.912 bits per heavy atom. The van der Waals surface area contributed by atoms with Crippen LogP contribution in [0.15, 0.2) is 89.8 Å². The molecule has 0 fully saturated rings. The highest BCUT2D eigenvalue weighted by Crippen LogP contribution is 2.43. The molecule has 1 N–H and O–H groups in total. The van der Waals surface area contributed by atoms with Gasteiger partial charge in [-0.2, -0.15) is 0 Å². The number of nitrogens with one attached hydrogen (secondary N) is 1. The predicted octanol–water partition coefficient (Wildman–Crippen LogP) is 5.26. The first-order chi connectivity index (χ1) is 16.3. The average Bonchev–Trinajstić information content (AvgIpc) is 3.07. The minimum atomic E-state index is -3.93. The van der Waals surface area contributed by atoms with E-state index in [2.05, 4.69) is 5.32 Å². The van der Waals surface area contributed by atoms with Gasteiger partial charge in [0.2, 0.25) is 5.91 Å². The minimum absolute atomic E-state index is 0.173. The van der Waals surface area contributed by atoms with E-state index >= 15 is 0 Å². The number of nitrogens with zero attached hydrogens (tertiary/aromatic N) is 1. The summed E-state index contributed by atoms with van der Waals surface area (Å²) in [6.45, 7) is 1.52. The van der Waals surface area contributed by atoms with Gasteiger partial charge in [-0.15, -0.1) is 0 Å². The molecule has 0 bridgehead atoms. The number of anilines is 2. The maximum absolute atomic E-state index is 13.3. The maximum Gasteiger partial charge on any atom is 0.265 e. The van der Waals surface area contributed by atoms with E-state index in [1.165, 1.54) is 19.1 Å². The van der Waals surface area contributed by atoms with Crippen LogP contribution in [0.2, 0.25) is 5.02 Å². The molecule has 0 saturated carbocycles.